The summed E-state index contributed by atoms with van der Waals surface area (Å²) in [6.45, 7) is 5.93. The molecule has 0 unspecified atom stereocenters. The van der Waals surface area contributed by atoms with Gasteiger partial charge < -0.3 is 10.5 Å². The summed E-state index contributed by atoms with van der Waals surface area (Å²) in [6.07, 6.45) is 0.811. The van der Waals surface area contributed by atoms with Crippen molar-refractivity contribution in [1.82, 2.24) is 0 Å². The molecule has 4 heteroatoms. The summed E-state index contributed by atoms with van der Waals surface area (Å²) in [5.74, 6) is -0.378. The van der Waals surface area contributed by atoms with E-state index in [1.165, 1.54) is 0 Å². The monoisotopic (exact) mass is 191 g/mol. The molecule has 0 radical (unpaired) electrons. The average molecular weight is 191 g/mol. The number of ether oxygens (including phenoxy) is 1. The number of rotatable bonds is 4. The number of hydrogen-bond donors (Lipinski definition) is 2. The molecule has 0 aromatic heterocycles. The van der Waals surface area contributed by atoms with Crippen molar-refractivity contribution in [3.63, 3.8) is 0 Å². The van der Waals surface area contributed by atoms with E-state index >= 15 is 0 Å². The van der Waals surface area contributed by atoms with Crippen molar-refractivity contribution in [2.75, 3.05) is 6.61 Å². The fourth-order valence-corrected chi connectivity index (χ4v) is 0.686. The zero-order valence-corrected chi connectivity index (χ0v) is 8.73. The van der Waals surface area contributed by atoms with E-state index in [2.05, 4.69) is 12.6 Å². The van der Waals surface area contributed by atoms with Gasteiger partial charge in [0.15, 0.2) is 0 Å². The third-order valence-electron chi connectivity index (χ3n) is 1.46. The minimum atomic E-state index is -0.660. The average Bonchev–Trinajstić information content (AvgIpc) is 1.97. The molecule has 72 valence electrons. The van der Waals surface area contributed by atoms with Crippen molar-refractivity contribution in [2.45, 2.75) is 38.0 Å². The largest absolute Gasteiger partial charge is 0.465 e. The second-order valence-electron chi connectivity index (χ2n) is 3.30. The zero-order valence-electron chi connectivity index (χ0n) is 7.83. The SMILES string of the molecule is CCCOC(=O)[C@H](N)C(C)(C)S. The van der Waals surface area contributed by atoms with Gasteiger partial charge in [-0.05, 0) is 20.3 Å². The molecule has 0 bridgehead atoms. The van der Waals surface area contributed by atoms with Gasteiger partial charge in [0.25, 0.3) is 0 Å². The molecular weight excluding hydrogens is 174 g/mol. The molecule has 0 aromatic carbocycles. The first-order chi connectivity index (χ1) is 5.39. The summed E-state index contributed by atoms with van der Waals surface area (Å²) in [6, 6.07) is -0.660. The molecule has 0 saturated carbocycles. The van der Waals surface area contributed by atoms with Crippen LogP contribution in [0.5, 0.6) is 0 Å². The molecule has 0 aliphatic heterocycles. The minimum Gasteiger partial charge on any atom is -0.465 e. The van der Waals surface area contributed by atoms with E-state index in [1.54, 1.807) is 13.8 Å². The van der Waals surface area contributed by atoms with Gasteiger partial charge in [0, 0.05) is 4.75 Å². The Hall–Kier alpha value is -0.220. The molecule has 0 heterocycles. The highest BCUT2D eigenvalue weighted by Gasteiger charge is 2.29. The smallest absolute Gasteiger partial charge is 0.324 e. The summed E-state index contributed by atoms with van der Waals surface area (Å²) >= 11 is 4.19. The maximum Gasteiger partial charge on any atom is 0.324 e. The van der Waals surface area contributed by atoms with Crippen LogP contribution in [0.3, 0.4) is 0 Å². The highest BCUT2D eigenvalue weighted by atomic mass is 32.1. The standard InChI is InChI=1S/C8H17NO2S/c1-4-5-11-7(10)6(9)8(2,3)12/h6,12H,4-5,9H2,1-3H3/t6-/m0/s1. The summed E-state index contributed by atoms with van der Waals surface area (Å²) in [5.41, 5.74) is 5.58. The number of esters is 1. The Bertz CT molecular complexity index is 154. The van der Waals surface area contributed by atoms with Crippen LogP contribution in [0.15, 0.2) is 0 Å². The van der Waals surface area contributed by atoms with Crippen molar-refractivity contribution < 1.29 is 9.53 Å². The first kappa shape index (κ1) is 11.8. The van der Waals surface area contributed by atoms with Gasteiger partial charge in [0.05, 0.1) is 6.61 Å². The lowest BCUT2D eigenvalue weighted by atomic mass is 10.1. The second-order valence-corrected chi connectivity index (χ2v) is 4.45. The van der Waals surface area contributed by atoms with Crippen molar-refractivity contribution in [1.29, 1.82) is 0 Å². The van der Waals surface area contributed by atoms with Crippen molar-refractivity contribution in [3.8, 4) is 0 Å². The number of carbonyl (C=O) groups excluding carboxylic acids is 1. The zero-order chi connectivity index (χ0) is 9.78. The van der Waals surface area contributed by atoms with E-state index in [9.17, 15) is 4.79 Å². The molecule has 3 nitrogen and oxygen atoms in total. The second kappa shape index (κ2) is 4.72. The number of nitrogens with two attached hydrogens (primary N) is 1. The van der Waals surface area contributed by atoms with Gasteiger partial charge in [-0.1, -0.05) is 6.92 Å². The van der Waals surface area contributed by atoms with Gasteiger partial charge in [0.2, 0.25) is 0 Å². The van der Waals surface area contributed by atoms with Crippen molar-refractivity contribution >= 4 is 18.6 Å². The maximum atomic E-state index is 11.2. The molecule has 0 saturated heterocycles. The van der Waals surface area contributed by atoms with Crippen LogP contribution in [0.4, 0.5) is 0 Å². The van der Waals surface area contributed by atoms with Gasteiger partial charge in [0.1, 0.15) is 6.04 Å². The summed E-state index contributed by atoms with van der Waals surface area (Å²) < 4.78 is 4.34. The van der Waals surface area contributed by atoms with E-state index in [0.29, 0.717) is 6.61 Å². The van der Waals surface area contributed by atoms with Gasteiger partial charge in [-0.15, -0.1) is 0 Å². The Morgan fingerprint density at radius 2 is 2.17 bits per heavy atom. The Morgan fingerprint density at radius 3 is 2.50 bits per heavy atom. The molecule has 0 aliphatic rings. The summed E-state index contributed by atoms with van der Waals surface area (Å²) in [7, 11) is 0. The number of hydrogen-bond acceptors (Lipinski definition) is 4. The predicted molar refractivity (Wildman–Crippen MR) is 52.3 cm³/mol. The van der Waals surface area contributed by atoms with Crippen LogP contribution in [0.2, 0.25) is 0 Å². The van der Waals surface area contributed by atoms with Crippen LogP contribution in [0, 0.1) is 0 Å². The highest BCUT2D eigenvalue weighted by Crippen LogP contribution is 2.16. The van der Waals surface area contributed by atoms with Crippen LogP contribution in [-0.4, -0.2) is 23.4 Å². The Kier molecular flexibility index (Phi) is 4.63. The first-order valence-electron chi connectivity index (χ1n) is 4.04. The summed E-state index contributed by atoms with van der Waals surface area (Å²) in [4.78, 5) is 11.2. The van der Waals surface area contributed by atoms with Gasteiger partial charge >= 0.3 is 5.97 Å². The molecule has 0 aliphatic carbocycles. The van der Waals surface area contributed by atoms with Crippen LogP contribution >= 0.6 is 12.6 Å². The van der Waals surface area contributed by atoms with Gasteiger partial charge in [-0.3, -0.25) is 4.79 Å². The Morgan fingerprint density at radius 1 is 1.67 bits per heavy atom. The molecule has 0 aromatic rings. The number of thiol groups is 1. The van der Waals surface area contributed by atoms with Gasteiger partial charge in [-0.25, -0.2) is 0 Å². The van der Waals surface area contributed by atoms with Crippen molar-refractivity contribution in [3.05, 3.63) is 0 Å². The Labute approximate surface area is 79.1 Å². The Balaban J connectivity index is 3.94. The molecule has 0 spiro atoms. The highest BCUT2D eigenvalue weighted by molar-refractivity contribution is 7.81. The fourth-order valence-electron chi connectivity index (χ4n) is 0.581. The van der Waals surface area contributed by atoms with Gasteiger partial charge in [-0.2, -0.15) is 12.6 Å². The predicted octanol–water partition coefficient (Wildman–Crippen LogP) is 0.975. The molecule has 0 rings (SSSR count). The molecule has 0 amide bonds. The van der Waals surface area contributed by atoms with E-state index in [-0.39, 0.29) is 5.97 Å². The first-order valence-corrected chi connectivity index (χ1v) is 4.49. The van der Waals surface area contributed by atoms with Crippen LogP contribution < -0.4 is 5.73 Å². The minimum absolute atomic E-state index is 0.378. The van der Waals surface area contributed by atoms with Crippen LogP contribution in [-0.2, 0) is 9.53 Å². The normalized spacial score (nSPS) is 14.1. The van der Waals surface area contributed by atoms with E-state index < -0.39 is 10.8 Å². The molecule has 0 fully saturated rings. The third kappa shape index (κ3) is 3.97. The third-order valence-corrected chi connectivity index (χ3v) is 1.74. The maximum absolute atomic E-state index is 11.2. The lowest BCUT2D eigenvalue weighted by molar-refractivity contribution is -0.145. The molecular formula is C8H17NO2S. The lowest BCUT2D eigenvalue weighted by Gasteiger charge is -2.23. The van der Waals surface area contributed by atoms with E-state index in [4.69, 9.17) is 10.5 Å². The van der Waals surface area contributed by atoms with Crippen molar-refractivity contribution in [2.24, 2.45) is 5.73 Å². The lowest BCUT2D eigenvalue weighted by Crippen LogP contribution is -2.46. The van der Waals surface area contributed by atoms with E-state index in [1.807, 2.05) is 6.92 Å². The molecule has 2 N–H and O–H groups in total. The fraction of sp³-hybridized carbons (Fsp3) is 0.875. The quantitative estimate of drug-likeness (QED) is 0.514. The van der Waals surface area contributed by atoms with E-state index in [0.717, 1.165) is 6.42 Å². The molecule has 1 atom stereocenters. The van der Waals surface area contributed by atoms with Crippen LogP contribution in [0.25, 0.3) is 0 Å². The van der Waals surface area contributed by atoms with Crippen LogP contribution in [0.1, 0.15) is 27.2 Å². The summed E-state index contributed by atoms with van der Waals surface area (Å²) in [5, 5.41) is 0. The molecule has 12 heavy (non-hydrogen) atoms. The number of carbonyl (C=O) groups is 1. The topological polar surface area (TPSA) is 52.3 Å².